The molecule has 1 aliphatic rings. The Morgan fingerprint density at radius 2 is 1.70 bits per heavy atom. The van der Waals surface area contributed by atoms with Gasteiger partial charge in [0.25, 0.3) is 0 Å². The highest BCUT2D eigenvalue weighted by molar-refractivity contribution is 6.30. The van der Waals surface area contributed by atoms with Gasteiger partial charge in [0.05, 0.1) is 6.61 Å². The molecule has 0 unspecified atom stereocenters. The van der Waals surface area contributed by atoms with Gasteiger partial charge in [0, 0.05) is 37.7 Å². The molecule has 3 nitrogen and oxygen atoms in total. The van der Waals surface area contributed by atoms with Crippen molar-refractivity contribution in [1.82, 2.24) is 9.80 Å². The van der Waals surface area contributed by atoms with Crippen LogP contribution in [0, 0.1) is 5.41 Å². The van der Waals surface area contributed by atoms with Gasteiger partial charge < -0.3 is 14.5 Å². The number of piperazine rings is 1. The summed E-state index contributed by atoms with van der Waals surface area (Å²) in [6.07, 6.45) is 2.34. The Balaban J connectivity index is 1.56. The van der Waals surface area contributed by atoms with E-state index in [1.54, 1.807) is 0 Å². The van der Waals surface area contributed by atoms with Gasteiger partial charge in [-0.3, -0.25) is 0 Å². The fourth-order valence-corrected chi connectivity index (χ4v) is 2.95. The number of ether oxygens (including phenoxy) is 1. The average Bonchev–Trinajstić information content (AvgIpc) is 2.50. The van der Waals surface area contributed by atoms with E-state index in [2.05, 4.69) is 30.6 Å². The van der Waals surface area contributed by atoms with Gasteiger partial charge in [-0.05, 0) is 43.0 Å². The minimum absolute atomic E-state index is 0.439. The predicted molar refractivity (Wildman–Crippen MR) is 98.5 cm³/mol. The van der Waals surface area contributed by atoms with Crippen LogP contribution in [0.4, 0.5) is 0 Å². The Bertz CT molecular complexity index is 465. The van der Waals surface area contributed by atoms with Gasteiger partial charge >= 0.3 is 0 Å². The first-order valence-electron chi connectivity index (χ1n) is 8.75. The molecule has 1 saturated heterocycles. The second-order valence-corrected chi connectivity index (χ2v) is 8.09. The van der Waals surface area contributed by atoms with Crippen LogP contribution in [0.2, 0.25) is 5.02 Å². The minimum Gasteiger partial charge on any atom is -0.493 e. The lowest BCUT2D eigenvalue weighted by Gasteiger charge is -2.35. The molecule has 1 aliphatic heterocycles. The summed E-state index contributed by atoms with van der Waals surface area (Å²) >= 11 is 5.95. The fourth-order valence-electron chi connectivity index (χ4n) is 2.76. The quantitative estimate of drug-likeness (QED) is 0.694. The van der Waals surface area contributed by atoms with E-state index in [9.17, 15) is 0 Å². The molecule has 0 amide bonds. The van der Waals surface area contributed by atoms with Gasteiger partial charge in [0.2, 0.25) is 0 Å². The summed E-state index contributed by atoms with van der Waals surface area (Å²) in [6, 6.07) is 7.62. The van der Waals surface area contributed by atoms with Gasteiger partial charge in [0.15, 0.2) is 0 Å². The van der Waals surface area contributed by atoms with E-state index < -0.39 is 0 Å². The van der Waals surface area contributed by atoms with Crippen LogP contribution < -0.4 is 4.74 Å². The van der Waals surface area contributed by atoms with Crippen LogP contribution in [-0.2, 0) is 0 Å². The number of hydrogen-bond donors (Lipinski definition) is 0. The topological polar surface area (TPSA) is 15.7 Å². The van der Waals surface area contributed by atoms with Gasteiger partial charge in [-0.2, -0.15) is 0 Å². The van der Waals surface area contributed by atoms with Gasteiger partial charge in [-0.1, -0.05) is 38.4 Å². The van der Waals surface area contributed by atoms with Crippen LogP contribution in [0.15, 0.2) is 24.3 Å². The Kier molecular flexibility index (Phi) is 7.19. The summed E-state index contributed by atoms with van der Waals surface area (Å²) < 4.78 is 5.75. The maximum absolute atomic E-state index is 5.95. The van der Waals surface area contributed by atoms with E-state index in [0.717, 1.165) is 30.3 Å². The van der Waals surface area contributed by atoms with E-state index >= 15 is 0 Å². The smallest absolute Gasteiger partial charge is 0.120 e. The first-order chi connectivity index (χ1) is 10.9. The molecule has 4 heteroatoms. The number of rotatable bonds is 7. The van der Waals surface area contributed by atoms with Crippen molar-refractivity contribution < 1.29 is 4.74 Å². The molecule has 1 fully saturated rings. The highest BCUT2D eigenvalue weighted by Gasteiger charge is 2.18. The molecule has 0 bridgehead atoms. The average molecular weight is 339 g/mol. The van der Waals surface area contributed by atoms with Crippen LogP contribution >= 0.6 is 11.6 Å². The molecule has 0 aliphatic carbocycles. The van der Waals surface area contributed by atoms with Gasteiger partial charge in [-0.15, -0.1) is 0 Å². The summed E-state index contributed by atoms with van der Waals surface area (Å²) in [7, 11) is 0. The van der Waals surface area contributed by atoms with Crippen molar-refractivity contribution in [2.24, 2.45) is 5.41 Å². The zero-order valence-corrected chi connectivity index (χ0v) is 15.6. The minimum atomic E-state index is 0.439. The normalized spacial score (nSPS) is 17.4. The first kappa shape index (κ1) is 18.6. The van der Waals surface area contributed by atoms with Crippen molar-refractivity contribution in [3.63, 3.8) is 0 Å². The molecular formula is C19H31ClN2O. The van der Waals surface area contributed by atoms with Crippen molar-refractivity contribution in [2.45, 2.75) is 33.6 Å². The van der Waals surface area contributed by atoms with Crippen LogP contribution in [0.5, 0.6) is 5.75 Å². The molecule has 0 N–H and O–H groups in total. The molecule has 0 aromatic heterocycles. The maximum atomic E-state index is 5.95. The molecule has 0 saturated carbocycles. The lowest BCUT2D eigenvalue weighted by Crippen LogP contribution is -2.47. The zero-order valence-electron chi connectivity index (χ0n) is 14.9. The Hall–Kier alpha value is -0.770. The first-order valence-corrected chi connectivity index (χ1v) is 9.13. The third-order valence-electron chi connectivity index (χ3n) is 4.33. The summed E-state index contributed by atoms with van der Waals surface area (Å²) in [5.74, 6) is 0.865. The Labute approximate surface area is 146 Å². The van der Waals surface area contributed by atoms with E-state index in [0.29, 0.717) is 5.41 Å². The third-order valence-corrected chi connectivity index (χ3v) is 4.56. The molecule has 130 valence electrons. The summed E-state index contributed by atoms with van der Waals surface area (Å²) in [6.45, 7) is 14.8. The van der Waals surface area contributed by atoms with Crippen LogP contribution in [0.25, 0.3) is 0 Å². The second kappa shape index (κ2) is 8.91. The van der Waals surface area contributed by atoms with Crippen LogP contribution in [0.1, 0.15) is 33.6 Å². The molecule has 1 aromatic carbocycles. The maximum Gasteiger partial charge on any atom is 0.120 e. The molecule has 0 atom stereocenters. The van der Waals surface area contributed by atoms with E-state index in [-0.39, 0.29) is 0 Å². The van der Waals surface area contributed by atoms with E-state index in [1.807, 2.05) is 24.3 Å². The zero-order chi connectivity index (χ0) is 16.7. The Morgan fingerprint density at radius 1 is 1.04 bits per heavy atom. The van der Waals surface area contributed by atoms with Crippen molar-refractivity contribution >= 4 is 11.6 Å². The number of hydrogen-bond acceptors (Lipinski definition) is 3. The standard InChI is InChI=1S/C19H31ClN2O/c1-19(2,3)8-10-22-13-11-21(12-14-22)9-5-15-23-18-7-4-6-17(20)16-18/h4,6-7,16H,5,8-15H2,1-3H3. The molecule has 1 heterocycles. The Morgan fingerprint density at radius 3 is 2.30 bits per heavy atom. The molecule has 0 spiro atoms. The number of benzene rings is 1. The van der Waals surface area contributed by atoms with Crippen LogP contribution in [0.3, 0.4) is 0 Å². The SMILES string of the molecule is CC(C)(C)CCN1CCN(CCCOc2cccc(Cl)c2)CC1. The van der Waals surface area contributed by atoms with Crippen molar-refractivity contribution in [3.8, 4) is 5.75 Å². The molecule has 1 aromatic rings. The molecule has 0 radical (unpaired) electrons. The highest BCUT2D eigenvalue weighted by atomic mass is 35.5. The fraction of sp³-hybridized carbons (Fsp3) is 0.684. The van der Waals surface area contributed by atoms with Crippen molar-refractivity contribution in [1.29, 1.82) is 0 Å². The van der Waals surface area contributed by atoms with Crippen LogP contribution in [-0.4, -0.2) is 55.7 Å². The number of halogens is 1. The highest BCUT2D eigenvalue weighted by Crippen LogP contribution is 2.19. The van der Waals surface area contributed by atoms with E-state index in [1.165, 1.54) is 39.1 Å². The monoisotopic (exact) mass is 338 g/mol. The third kappa shape index (κ3) is 7.56. The summed E-state index contributed by atoms with van der Waals surface area (Å²) in [5, 5.41) is 0.730. The molecule has 2 rings (SSSR count). The van der Waals surface area contributed by atoms with Gasteiger partial charge in [0.1, 0.15) is 5.75 Å². The predicted octanol–water partition coefficient (Wildman–Crippen LogP) is 4.16. The molecular weight excluding hydrogens is 308 g/mol. The number of nitrogens with zero attached hydrogens (tertiary/aromatic N) is 2. The molecule has 23 heavy (non-hydrogen) atoms. The van der Waals surface area contributed by atoms with E-state index in [4.69, 9.17) is 16.3 Å². The summed E-state index contributed by atoms with van der Waals surface area (Å²) in [4.78, 5) is 5.15. The lowest BCUT2D eigenvalue weighted by atomic mass is 9.92. The van der Waals surface area contributed by atoms with Gasteiger partial charge in [-0.25, -0.2) is 0 Å². The largest absolute Gasteiger partial charge is 0.493 e. The summed E-state index contributed by atoms with van der Waals surface area (Å²) in [5.41, 5.74) is 0.439. The lowest BCUT2D eigenvalue weighted by molar-refractivity contribution is 0.116. The second-order valence-electron chi connectivity index (χ2n) is 7.65. The van der Waals surface area contributed by atoms with Crippen molar-refractivity contribution in [2.75, 3.05) is 45.9 Å². The van der Waals surface area contributed by atoms with Crippen molar-refractivity contribution in [3.05, 3.63) is 29.3 Å².